The van der Waals surface area contributed by atoms with Gasteiger partial charge in [0, 0.05) is 25.7 Å². The van der Waals surface area contributed by atoms with E-state index in [-0.39, 0.29) is 0 Å². The highest BCUT2D eigenvalue weighted by atomic mass is 16.5. The molecule has 1 unspecified atom stereocenters. The van der Waals surface area contributed by atoms with Gasteiger partial charge >= 0.3 is 0 Å². The second kappa shape index (κ2) is 3.52. The van der Waals surface area contributed by atoms with Gasteiger partial charge in [-0.3, -0.25) is 4.90 Å². The average Bonchev–Trinajstić information content (AvgIpc) is 1.99. The molecule has 0 spiro atoms. The topological polar surface area (TPSA) is 24.5 Å². The molecule has 2 aliphatic rings. The normalized spacial score (nSPS) is 33.3. The van der Waals surface area contributed by atoms with Crippen LogP contribution in [0.1, 0.15) is 6.42 Å². The number of morpholine rings is 1. The summed E-state index contributed by atoms with van der Waals surface area (Å²) >= 11 is 0. The van der Waals surface area contributed by atoms with E-state index in [1.54, 1.807) is 0 Å². The van der Waals surface area contributed by atoms with E-state index in [9.17, 15) is 0 Å². The van der Waals surface area contributed by atoms with Crippen LogP contribution in [0.2, 0.25) is 0 Å². The Hall–Kier alpha value is -0.120. The van der Waals surface area contributed by atoms with E-state index >= 15 is 0 Å². The Kier molecular flexibility index (Phi) is 2.41. The summed E-state index contributed by atoms with van der Waals surface area (Å²) in [5, 5.41) is 3.41. The molecule has 2 rings (SSSR count). The van der Waals surface area contributed by atoms with Crippen molar-refractivity contribution in [1.82, 2.24) is 10.2 Å². The summed E-state index contributed by atoms with van der Waals surface area (Å²) < 4.78 is 5.27. The third-order valence-electron chi connectivity index (χ3n) is 2.51. The molecule has 11 heavy (non-hydrogen) atoms. The molecule has 3 heteroatoms. The molecule has 1 atom stereocenters. The maximum atomic E-state index is 5.27. The number of hydrogen-bond donors (Lipinski definition) is 1. The Morgan fingerprint density at radius 1 is 1.36 bits per heavy atom. The van der Waals surface area contributed by atoms with Crippen molar-refractivity contribution in [3.05, 3.63) is 0 Å². The molecule has 0 aliphatic carbocycles. The molecule has 0 aromatic carbocycles. The van der Waals surface area contributed by atoms with E-state index in [2.05, 4.69) is 10.2 Å². The van der Waals surface area contributed by atoms with Gasteiger partial charge in [0.1, 0.15) is 0 Å². The first kappa shape index (κ1) is 7.53. The molecular weight excluding hydrogens is 140 g/mol. The van der Waals surface area contributed by atoms with Gasteiger partial charge in [-0.05, 0) is 13.0 Å². The van der Waals surface area contributed by atoms with Crippen molar-refractivity contribution in [2.75, 3.05) is 39.4 Å². The van der Waals surface area contributed by atoms with Crippen molar-refractivity contribution in [2.24, 2.45) is 0 Å². The van der Waals surface area contributed by atoms with Crippen LogP contribution >= 0.6 is 0 Å². The van der Waals surface area contributed by atoms with Gasteiger partial charge in [-0.2, -0.15) is 0 Å². The highest BCUT2D eigenvalue weighted by Crippen LogP contribution is 2.05. The van der Waals surface area contributed by atoms with E-state index in [0.717, 1.165) is 32.3 Å². The molecule has 3 nitrogen and oxygen atoms in total. The minimum absolute atomic E-state index is 0.771. The molecule has 0 amide bonds. The lowest BCUT2D eigenvalue weighted by molar-refractivity contribution is 0.0298. The highest BCUT2D eigenvalue weighted by Gasteiger charge is 2.20. The standard InChI is InChI=1S/C8H16N2O/c1-2-9-8(1)7-10-3-5-11-6-4-10/h8-9H,1-7H2. The molecule has 2 saturated heterocycles. The lowest BCUT2D eigenvalue weighted by atomic mass is 10.1. The van der Waals surface area contributed by atoms with Gasteiger partial charge in [0.05, 0.1) is 13.2 Å². The SMILES string of the molecule is C1CC(CN2CCOCC2)N1. The van der Waals surface area contributed by atoms with Crippen molar-refractivity contribution < 1.29 is 4.74 Å². The summed E-state index contributed by atoms with van der Waals surface area (Å²) in [4.78, 5) is 2.49. The molecule has 0 bridgehead atoms. The molecule has 0 radical (unpaired) electrons. The van der Waals surface area contributed by atoms with Gasteiger partial charge in [-0.15, -0.1) is 0 Å². The van der Waals surface area contributed by atoms with E-state index in [1.807, 2.05) is 0 Å². The van der Waals surface area contributed by atoms with Crippen LogP contribution < -0.4 is 5.32 Å². The summed E-state index contributed by atoms with van der Waals surface area (Å²) in [5.74, 6) is 0. The van der Waals surface area contributed by atoms with Gasteiger partial charge < -0.3 is 10.1 Å². The fraction of sp³-hybridized carbons (Fsp3) is 1.00. The van der Waals surface area contributed by atoms with Crippen molar-refractivity contribution in [3.8, 4) is 0 Å². The lowest BCUT2D eigenvalue weighted by Gasteiger charge is -2.35. The lowest BCUT2D eigenvalue weighted by Crippen LogP contribution is -2.52. The van der Waals surface area contributed by atoms with E-state index in [4.69, 9.17) is 4.74 Å². The number of ether oxygens (including phenoxy) is 1. The fourth-order valence-electron chi connectivity index (χ4n) is 1.60. The summed E-state index contributed by atoms with van der Waals surface area (Å²) in [6.07, 6.45) is 1.36. The Labute approximate surface area is 67.7 Å². The first-order chi connectivity index (χ1) is 5.45. The third kappa shape index (κ3) is 1.92. The van der Waals surface area contributed by atoms with Crippen LogP contribution in [0.15, 0.2) is 0 Å². The fourth-order valence-corrected chi connectivity index (χ4v) is 1.60. The first-order valence-corrected chi connectivity index (χ1v) is 4.48. The van der Waals surface area contributed by atoms with Gasteiger partial charge in [0.25, 0.3) is 0 Å². The Bertz CT molecular complexity index is 119. The molecule has 64 valence electrons. The molecular formula is C8H16N2O. The number of rotatable bonds is 2. The summed E-state index contributed by atoms with van der Waals surface area (Å²) in [7, 11) is 0. The van der Waals surface area contributed by atoms with Crippen molar-refractivity contribution >= 4 is 0 Å². The first-order valence-electron chi connectivity index (χ1n) is 4.48. The summed E-state index contributed by atoms with van der Waals surface area (Å²) in [5.41, 5.74) is 0. The van der Waals surface area contributed by atoms with E-state index in [0.29, 0.717) is 0 Å². The zero-order valence-corrected chi connectivity index (χ0v) is 6.88. The van der Waals surface area contributed by atoms with Gasteiger partial charge in [-0.1, -0.05) is 0 Å². The Balaban J connectivity index is 1.67. The van der Waals surface area contributed by atoms with Crippen LogP contribution in [0.3, 0.4) is 0 Å². The molecule has 0 aromatic rings. The van der Waals surface area contributed by atoms with Gasteiger partial charge in [-0.25, -0.2) is 0 Å². The zero-order valence-electron chi connectivity index (χ0n) is 6.88. The average molecular weight is 156 g/mol. The molecule has 2 fully saturated rings. The van der Waals surface area contributed by atoms with Crippen LogP contribution in [0.4, 0.5) is 0 Å². The predicted octanol–water partition coefficient (Wildman–Crippen LogP) is -0.319. The van der Waals surface area contributed by atoms with Crippen LogP contribution in [0.25, 0.3) is 0 Å². The minimum Gasteiger partial charge on any atom is -0.379 e. The Morgan fingerprint density at radius 3 is 2.64 bits per heavy atom. The molecule has 1 N–H and O–H groups in total. The van der Waals surface area contributed by atoms with Crippen molar-refractivity contribution in [2.45, 2.75) is 12.5 Å². The summed E-state index contributed by atoms with van der Waals surface area (Å²) in [6, 6.07) is 0.771. The maximum Gasteiger partial charge on any atom is 0.0594 e. The third-order valence-corrected chi connectivity index (χ3v) is 2.51. The monoisotopic (exact) mass is 156 g/mol. The molecule has 0 saturated carbocycles. The second-order valence-corrected chi connectivity index (χ2v) is 3.35. The maximum absolute atomic E-state index is 5.27. The van der Waals surface area contributed by atoms with Crippen LogP contribution in [0.5, 0.6) is 0 Å². The second-order valence-electron chi connectivity index (χ2n) is 3.35. The van der Waals surface area contributed by atoms with Crippen molar-refractivity contribution in [3.63, 3.8) is 0 Å². The van der Waals surface area contributed by atoms with Crippen LogP contribution in [-0.4, -0.2) is 50.3 Å². The Morgan fingerprint density at radius 2 is 2.09 bits per heavy atom. The number of nitrogens with zero attached hydrogens (tertiary/aromatic N) is 1. The minimum atomic E-state index is 0.771. The quantitative estimate of drug-likeness (QED) is 0.593. The molecule has 2 heterocycles. The van der Waals surface area contributed by atoms with Crippen LogP contribution in [-0.2, 0) is 4.74 Å². The number of nitrogens with one attached hydrogen (secondary N) is 1. The molecule has 0 aromatic heterocycles. The highest BCUT2D eigenvalue weighted by molar-refractivity contribution is 4.81. The largest absolute Gasteiger partial charge is 0.379 e. The number of hydrogen-bond acceptors (Lipinski definition) is 3. The molecule has 2 aliphatic heterocycles. The zero-order chi connectivity index (χ0) is 7.52. The smallest absolute Gasteiger partial charge is 0.0594 e. The van der Waals surface area contributed by atoms with Crippen molar-refractivity contribution in [1.29, 1.82) is 0 Å². The van der Waals surface area contributed by atoms with Crippen LogP contribution in [0, 0.1) is 0 Å². The summed E-state index contributed by atoms with van der Waals surface area (Å²) in [6.45, 7) is 6.54. The predicted molar refractivity (Wildman–Crippen MR) is 43.7 cm³/mol. The van der Waals surface area contributed by atoms with Gasteiger partial charge in [0.2, 0.25) is 0 Å². The van der Waals surface area contributed by atoms with E-state index < -0.39 is 0 Å². The van der Waals surface area contributed by atoms with Gasteiger partial charge in [0.15, 0.2) is 0 Å². The van der Waals surface area contributed by atoms with E-state index in [1.165, 1.54) is 19.5 Å².